The number of nitro benzene ring substituents is 1. The standard InChI is InChI=1S/C19H28N4O5S/c24-23(25)16-5-6-18(19(14-16)29(26,27)22-7-1-2-8-22)21-11-9-20(10-12-21)15-17-4-3-13-28-17/h5-6,14,17H,1-4,7-13,15H2. The quantitative estimate of drug-likeness (QED) is 0.506. The molecule has 0 aliphatic carbocycles. The topological polar surface area (TPSA) is 96.2 Å². The predicted molar refractivity (Wildman–Crippen MR) is 109 cm³/mol. The van der Waals surface area contributed by atoms with E-state index in [1.165, 1.54) is 16.4 Å². The summed E-state index contributed by atoms with van der Waals surface area (Å²) in [6, 6.07) is 4.22. The lowest BCUT2D eigenvalue weighted by atomic mass is 10.2. The van der Waals surface area contributed by atoms with Crippen molar-refractivity contribution in [2.45, 2.75) is 36.7 Å². The van der Waals surface area contributed by atoms with Gasteiger partial charge < -0.3 is 9.64 Å². The second-order valence-corrected chi connectivity index (χ2v) is 9.85. The Kier molecular flexibility index (Phi) is 6.05. The minimum absolute atomic E-state index is 0.0566. The summed E-state index contributed by atoms with van der Waals surface area (Å²) in [6.07, 6.45) is 4.16. The van der Waals surface area contributed by atoms with Crippen LogP contribution in [0.5, 0.6) is 0 Å². The zero-order valence-electron chi connectivity index (χ0n) is 16.5. The molecule has 0 N–H and O–H groups in total. The first-order valence-electron chi connectivity index (χ1n) is 10.3. The van der Waals surface area contributed by atoms with Crippen LogP contribution in [-0.4, -0.2) is 81.1 Å². The van der Waals surface area contributed by atoms with Gasteiger partial charge in [0.05, 0.1) is 16.7 Å². The molecule has 10 heteroatoms. The molecule has 3 heterocycles. The molecular weight excluding hydrogens is 396 g/mol. The summed E-state index contributed by atoms with van der Waals surface area (Å²) in [4.78, 5) is 15.2. The highest BCUT2D eigenvalue weighted by molar-refractivity contribution is 7.89. The molecule has 1 unspecified atom stereocenters. The minimum atomic E-state index is -3.75. The average Bonchev–Trinajstić information content (AvgIpc) is 3.42. The van der Waals surface area contributed by atoms with Gasteiger partial charge in [0.25, 0.3) is 5.69 Å². The van der Waals surface area contributed by atoms with Crippen LogP contribution >= 0.6 is 0 Å². The summed E-state index contributed by atoms with van der Waals surface area (Å²) >= 11 is 0. The molecule has 0 spiro atoms. The lowest BCUT2D eigenvalue weighted by Gasteiger charge is -2.37. The van der Waals surface area contributed by atoms with Gasteiger partial charge in [0.1, 0.15) is 4.90 Å². The molecule has 0 aromatic heterocycles. The van der Waals surface area contributed by atoms with Crippen molar-refractivity contribution >= 4 is 21.4 Å². The number of rotatable bonds is 6. The lowest BCUT2D eigenvalue weighted by molar-refractivity contribution is -0.385. The van der Waals surface area contributed by atoms with Gasteiger partial charge in [0, 0.05) is 64.6 Å². The summed E-state index contributed by atoms with van der Waals surface area (Å²) in [5.41, 5.74) is 0.378. The molecule has 1 aromatic rings. The van der Waals surface area contributed by atoms with Crippen molar-refractivity contribution in [2.75, 3.05) is 57.3 Å². The number of piperazine rings is 1. The largest absolute Gasteiger partial charge is 0.377 e. The van der Waals surface area contributed by atoms with Crippen LogP contribution in [0.25, 0.3) is 0 Å². The SMILES string of the molecule is O=[N+]([O-])c1ccc(N2CCN(CC3CCCO3)CC2)c(S(=O)(=O)N2CCCC2)c1. The molecule has 1 aromatic carbocycles. The van der Waals surface area contributed by atoms with Crippen LogP contribution in [0.15, 0.2) is 23.1 Å². The molecule has 3 saturated heterocycles. The monoisotopic (exact) mass is 424 g/mol. The van der Waals surface area contributed by atoms with E-state index in [1.807, 2.05) is 4.90 Å². The van der Waals surface area contributed by atoms with Crippen LogP contribution < -0.4 is 4.90 Å². The Morgan fingerprint density at radius 1 is 1.07 bits per heavy atom. The molecule has 4 rings (SSSR count). The lowest BCUT2D eigenvalue weighted by Crippen LogP contribution is -2.49. The molecule has 3 aliphatic rings. The fourth-order valence-electron chi connectivity index (χ4n) is 4.40. The Labute approximate surface area is 171 Å². The van der Waals surface area contributed by atoms with Crippen molar-refractivity contribution in [3.8, 4) is 0 Å². The Morgan fingerprint density at radius 2 is 1.79 bits per heavy atom. The smallest absolute Gasteiger partial charge is 0.270 e. The second-order valence-electron chi connectivity index (χ2n) is 7.94. The van der Waals surface area contributed by atoms with Gasteiger partial charge in [-0.05, 0) is 31.7 Å². The number of non-ortho nitro benzene ring substituents is 1. The van der Waals surface area contributed by atoms with Crippen molar-refractivity contribution in [2.24, 2.45) is 0 Å². The highest BCUT2D eigenvalue weighted by atomic mass is 32.2. The maximum Gasteiger partial charge on any atom is 0.270 e. The van der Waals surface area contributed by atoms with Crippen molar-refractivity contribution in [3.63, 3.8) is 0 Å². The maximum absolute atomic E-state index is 13.2. The Morgan fingerprint density at radius 3 is 2.41 bits per heavy atom. The van der Waals surface area contributed by atoms with E-state index in [9.17, 15) is 18.5 Å². The van der Waals surface area contributed by atoms with Crippen LogP contribution in [0.3, 0.4) is 0 Å². The van der Waals surface area contributed by atoms with Crippen LogP contribution in [0, 0.1) is 10.1 Å². The molecule has 0 bridgehead atoms. The highest BCUT2D eigenvalue weighted by Gasteiger charge is 2.33. The van der Waals surface area contributed by atoms with E-state index in [-0.39, 0.29) is 10.6 Å². The third kappa shape index (κ3) is 4.40. The van der Waals surface area contributed by atoms with E-state index in [4.69, 9.17) is 4.74 Å². The molecule has 0 radical (unpaired) electrons. The van der Waals surface area contributed by atoms with Gasteiger partial charge in [-0.2, -0.15) is 4.31 Å². The van der Waals surface area contributed by atoms with E-state index in [0.717, 1.165) is 51.9 Å². The molecule has 29 heavy (non-hydrogen) atoms. The van der Waals surface area contributed by atoms with Crippen molar-refractivity contribution in [3.05, 3.63) is 28.3 Å². The highest BCUT2D eigenvalue weighted by Crippen LogP contribution is 2.33. The fraction of sp³-hybridized carbons (Fsp3) is 0.684. The normalized spacial score (nSPS) is 24.3. The summed E-state index contributed by atoms with van der Waals surface area (Å²) in [6.45, 7) is 5.71. The molecule has 3 fully saturated rings. The van der Waals surface area contributed by atoms with E-state index in [1.54, 1.807) is 6.07 Å². The molecule has 0 amide bonds. The van der Waals surface area contributed by atoms with E-state index >= 15 is 0 Å². The van der Waals surface area contributed by atoms with Crippen LogP contribution in [0.4, 0.5) is 11.4 Å². The summed E-state index contributed by atoms with van der Waals surface area (Å²) < 4.78 is 33.6. The number of nitrogens with zero attached hydrogens (tertiary/aromatic N) is 4. The Balaban J connectivity index is 1.54. The van der Waals surface area contributed by atoms with Crippen molar-refractivity contribution < 1.29 is 18.1 Å². The number of hydrogen-bond acceptors (Lipinski definition) is 7. The first-order chi connectivity index (χ1) is 13.9. The third-order valence-corrected chi connectivity index (χ3v) is 7.96. The van der Waals surface area contributed by atoms with Gasteiger partial charge in [-0.1, -0.05) is 0 Å². The van der Waals surface area contributed by atoms with E-state index in [0.29, 0.717) is 38.0 Å². The first-order valence-corrected chi connectivity index (χ1v) is 11.8. The third-order valence-electron chi connectivity index (χ3n) is 6.04. The number of ether oxygens (including phenoxy) is 1. The van der Waals surface area contributed by atoms with Crippen LogP contribution in [0.1, 0.15) is 25.7 Å². The maximum atomic E-state index is 13.2. The van der Waals surface area contributed by atoms with Gasteiger partial charge in [0.15, 0.2) is 0 Å². The zero-order chi connectivity index (χ0) is 20.4. The van der Waals surface area contributed by atoms with Gasteiger partial charge in [-0.25, -0.2) is 8.42 Å². The number of sulfonamides is 1. The summed E-state index contributed by atoms with van der Waals surface area (Å²) in [5.74, 6) is 0. The average molecular weight is 425 g/mol. The predicted octanol–water partition coefficient (Wildman–Crippen LogP) is 1.68. The molecule has 9 nitrogen and oxygen atoms in total. The summed E-state index contributed by atoms with van der Waals surface area (Å²) in [5, 5.41) is 11.3. The van der Waals surface area contributed by atoms with Crippen molar-refractivity contribution in [1.82, 2.24) is 9.21 Å². The van der Waals surface area contributed by atoms with E-state index in [2.05, 4.69) is 4.90 Å². The van der Waals surface area contributed by atoms with Gasteiger partial charge in [-0.3, -0.25) is 15.0 Å². The molecule has 1 atom stereocenters. The van der Waals surface area contributed by atoms with Gasteiger partial charge in [-0.15, -0.1) is 0 Å². The fourth-order valence-corrected chi connectivity index (χ4v) is 6.15. The van der Waals surface area contributed by atoms with Crippen molar-refractivity contribution in [1.29, 1.82) is 0 Å². The number of hydrogen-bond donors (Lipinski definition) is 0. The number of anilines is 1. The van der Waals surface area contributed by atoms with Gasteiger partial charge >= 0.3 is 0 Å². The zero-order valence-corrected chi connectivity index (χ0v) is 17.3. The van der Waals surface area contributed by atoms with E-state index < -0.39 is 14.9 Å². The second kappa shape index (κ2) is 8.55. The number of nitro groups is 1. The first kappa shape index (κ1) is 20.5. The van der Waals surface area contributed by atoms with Gasteiger partial charge in [0.2, 0.25) is 10.0 Å². The molecular formula is C19H28N4O5S. The minimum Gasteiger partial charge on any atom is -0.377 e. The number of benzene rings is 1. The molecule has 3 aliphatic heterocycles. The van der Waals surface area contributed by atoms with Crippen LogP contribution in [-0.2, 0) is 14.8 Å². The Hall–Kier alpha value is -1.75. The Bertz CT molecular complexity index is 842. The molecule has 160 valence electrons. The van der Waals surface area contributed by atoms with Crippen LogP contribution in [0.2, 0.25) is 0 Å². The summed E-state index contributed by atoms with van der Waals surface area (Å²) in [7, 11) is -3.75. The molecule has 0 saturated carbocycles.